The number of anilines is 1. The second kappa shape index (κ2) is 14.6. The number of nitrogens with zero attached hydrogens (tertiary/aromatic N) is 2. The van der Waals surface area contributed by atoms with Gasteiger partial charge in [0.05, 0.1) is 19.1 Å². The molecule has 8 nitrogen and oxygen atoms in total. The van der Waals surface area contributed by atoms with Crippen molar-refractivity contribution in [3.63, 3.8) is 0 Å². The van der Waals surface area contributed by atoms with Crippen LogP contribution in [0.15, 0.2) is 78.9 Å². The van der Waals surface area contributed by atoms with Crippen molar-refractivity contribution in [2.45, 2.75) is 58.2 Å². The monoisotopic (exact) mass is 613 g/mol. The van der Waals surface area contributed by atoms with E-state index in [2.05, 4.69) is 5.32 Å². The first-order chi connectivity index (χ1) is 19.8. The Morgan fingerprint density at radius 2 is 1.64 bits per heavy atom. The summed E-state index contributed by atoms with van der Waals surface area (Å²) in [6.07, 6.45) is 1.69. The molecule has 2 amide bonds. The number of halogens is 1. The number of amides is 2. The molecule has 1 atom stereocenters. The maximum atomic E-state index is 13.9. The second-order valence-electron chi connectivity index (χ2n) is 11.2. The van der Waals surface area contributed by atoms with Gasteiger partial charge in [-0.25, -0.2) is 8.42 Å². The lowest BCUT2D eigenvalue weighted by atomic mass is 10.00. The van der Waals surface area contributed by atoms with E-state index in [0.29, 0.717) is 28.4 Å². The fraction of sp³-hybridized carbons (Fsp3) is 0.375. The quantitative estimate of drug-likeness (QED) is 0.277. The van der Waals surface area contributed by atoms with Crippen LogP contribution in [0.4, 0.5) is 5.69 Å². The van der Waals surface area contributed by atoms with Crippen LogP contribution >= 0.6 is 11.6 Å². The highest BCUT2D eigenvalue weighted by atomic mass is 35.5. The van der Waals surface area contributed by atoms with E-state index in [4.69, 9.17) is 16.3 Å². The van der Waals surface area contributed by atoms with Crippen molar-refractivity contribution in [1.29, 1.82) is 0 Å². The molecule has 42 heavy (non-hydrogen) atoms. The molecule has 0 bridgehead atoms. The normalized spacial score (nSPS) is 12.3. The molecular formula is C32H40ClN3O5S. The summed E-state index contributed by atoms with van der Waals surface area (Å²) < 4.78 is 31.9. The Labute approximate surface area is 254 Å². The molecule has 0 aliphatic heterocycles. The molecule has 1 N–H and O–H groups in total. The van der Waals surface area contributed by atoms with Gasteiger partial charge in [-0.05, 0) is 56.5 Å². The van der Waals surface area contributed by atoms with E-state index in [1.54, 1.807) is 35.2 Å². The van der Waals surface area contributed by atoms with E-state index in [-0.39, 0.29) is 37.7 Å². The zero-order chi connectivity index (χ0) is 30.9. The number of sulfonamides is 1. The number of carbonyl (C=O) groups excluding carboxylic acids is 2. The Hall–Kier alpha value is -3.56. The fourth-order valence-corrected chi connectivity index (χ4v) is 5.74. The smallest absolute Gasteiger partial charge is 0.243 e. The molecule has 0 saturated carbocycles. The summed E-state index contributed by atoms with van der Waals surface area (Å²) in [4.78, 5) is 29.2. The molecule has 0 unspecified atom stereocenters. The topological polar surface area (TPSA) is 96.0 Å². The van der Waals surface area contributed by atoms with Gasteiger partial charge in [-0.3, -0.25) is 13.9 Å². The third kappa shape index (κ3) is 9.77. The average molecular weight is 614 g/mol. The SMILES string of the molecule is COc1cccc(N(CCCC(=O)N(Cc2ccccc2Cl)[C@@H](Cc2ccccc2)C(=O)NC(C)(C)C)S(C)(=O)=O)c1. The van der Waals surface area contributed by atoms with Crippen LogP contribution in [0.5, 0.6) is 5.75 Å². The molecule has 0 radical (unpaired) electrons. The van der Waals surface area contributed by atoms with E-state index in [1.807, 2.05) is 69.3 Å². The maximum Gasteiger partial charge on any atom is 0.243 e. The number of rotatable bonds is 13. The van der Waals surface area contributed by atoms with Crippen molar-refractivity contribution in [1.82, 2.24) is 10.2 Å². The Balaban J connectivity index is 1.91. The molecule has 0 saturated heterocycles. The van der Waals surface area contributed by atoms with Crippen LogP contribution in [0.3, 0.4) is 0 Å². The highest BCUT2D eigenvalue weighted by Crippen LogP contribution is 2.25. The van der Waals surface area contributed by atoms with Crippen molar-refractivity contribution in [2.24, 2.45) is 0 Å². The number of hydrogen-bond donors (Lipinski definition) is 1. The Morgan fingerprint density at radius 3 is 2.26 bits per heavy atom. The Bertz CT molecular complexity index is 1460. The summed E-state index contributed by atoms with van der Waals surface area (Å²) in [6.45, 7) is 5.88. The van der Waals surface area contributed by atoms with Crippen LogP contribution in [0.25, 0.3) is 0 Å². The van der Waals surface area contributed by atoms with Crippen LogP contribution in [-0.2, 0) is 32.6 Å². The van der Waals surface area contributed by atoms with E-state index in [1.165, 1.54) is 11.4 Å². The Morgan fingerprint density at radius 1 is 0.976 bits per heavy atom. The van der Waals surface area contributed by atoms with Crippen molar-refractivity contribution in [3.8, 4) is 5.75 Å². The first kappa shape index (κ1) is 32.9. The summed E-state index contributed by atoms with van der Waals surface area (Å²) in [5.74, 6) is -0.0309. The van der Waals surface area contributed by atoms with Gasteiger partial charge in [-0.1, -0.05) is 66.2 Å². The molecule has 3 rings (SSSR count). The maximum absolute atomic E-state index is 13.9. The second-order valence-corrected chi connectivity index (χ2v) is 13.5. The van der Waals surface area contributed by atoms with E-state index >= 15 is 0 Å². The van der Waals surface area contributed by atoms with Crippen molar-refractivity contribution in [2.75, 3.05) is 24.2 Å². The fourth-order valence-electron chi connectivity index (χ4n) is 4.59. The first-order valence-electron chi connectivity index (χ1n) is 13.8. The Kier molecular flexibility index (Phi) is 11.4. The van der Waals surface area contributed by atoms with E-state index in [9.17, 15) is 18.0 Å². The number of carbonyl (C=O) groups is 2. The lowest BCUT2D eigenvalue weighted by molar-refractivity contribution is -0.142. The molecule has 0 heterocycles. The average Bonchev–Trinajstić information content (AvgIpc) is 2.92. The molecule has 3 aromatic rings. The van der Waals surface area contributed by atoms with E-state index < -0.39 is 21.6 Å². The van der Waals surface area contributed by atoms with Crippen LogP contribution < -0.4 is 14.4 Å². The molecular weight excluding hydrogens is 574 g/mol. The predicted octanol–water partition coefficient (Wildman–Crippen LogP) is 5.45. The molecule has 226 valence electrons. The van der Waals surface area contributed by atoms with Crippen LogP contribution in [-0.4, -0.2) is 56.6 Å². The van der Waals surface area contributed by atoms with Gasteiger partial charge in [-0.15, -0.1) is 0 Å². The summed E-state index contributed by atoms with van der Waals surface area (Å²) in [7, 11) is -2.12. The van der Waals surface area contributed by atoms with Crippen LogP contribution in [0.2, 0.25) is 5.02 Å². The summed E-state index contributed by atoms with van der Waals surface area (Å²) >= 11 is 6.49. The van der Waals surface area contributed by atoms with Gasteiger partial charge in [0.2, 0.25) is 21.8 Å². The lowest BCUT2D eigenvalue weighted by Gasteiger charge is -2.34. The highest BCUT2D eigenvalue weighted by molar-refractivity contribution is 7.92. The van der Waals surface area contributed by atoms with Gasteiger partial charge >= 0.3 is 0 Å². The number of ether oxygens (including phenoxy) is 1. The van der Waals surface area contributed by atoms with Crippen molar-refractivity contribution in [3.05, 3.63) is 95.0 Å². The lowest BCUT2D eigenvalue weighted by Crippen LogP contribution is -2.54. The zero-order valence-corrected chi connectivity index (χ0v) is 26.4. The third-order valence-corrected chi connectivity index (χ3v) is 8.12. The van der Waals surface area contributed by atoms with Crippen LogP contribution in [0, 0.1) is 0 Å². The minimum absolute atomic E-state index is 0.0223. The van der Waals surface area contributed by atoms with Gasteiger partial charge in [0.15, 0.2) is 0 Å². The third-order valence-electron chi connectivity index (χ3n) is 6.56. The van der Waals surface area contributed by atoms with Gasteiger partial charge in [0, 0.05) is 42.6 Å². The predicted molar refractivity (Wildman–Crippen MR) is 168 cm³/mol. The summed E-state index contributed by atoms with van der Waals surface area (Å²) in [5, 5.41) is 3.53. The molecule has 3 aromatic carbocycles. The minimum Gasteiger partial charge on any atom is -0.497 e. The number of hydrogen-bond acceptors (Lipinski definition) is 5. The largest absolute Gasteiger partial charge is 0.497 e. The van der Waals surface area contributed by atoms with Crippen LogP contribution in [0.1, 0.15) is 44.7 Å². The molecule has 0 aromatic heterocycles. The molecule has 0 fully saturated rings. The van der Waals surface area contributed by atoms with Crippen molar-refractivity contribution >= 4 is 39.1 Å². The van der Waals surface area contributed by atoms with Gasteiger partial charge in [0.25, 0.3) is 0 Å². The zero-order valence-electron chi connectivity index (χ0n) is 24.8. The highest BCUT2D eigenvalue weighted by Gasteiger charge is 2.32. The van der Waals surface area contributed by atoms with Gasteiger partial charge in [-0.2, -0.15) is 0 Å². The molecule has 10 heteroatoms. The summed E-state index contributed by atoms with van der Waals surface area (Å²) in [6, 6.07) is 22.7. The first-order valence-corrected chi connectivity index (χ1v) is 16.0. The standard InChI is InChI=1S/C32H40ClN3O5S/c1-32(2,3)34-31(38)29(21-24-13-7-6-8-14-24)35(23-25-15-9-10-18-28(25)33)30(37)19-12-20-36(42(5,39)40)26-16-11-17-27(22-26)41-4/h6-11,13-18,22,29H,12,19-21,23H2,1-5H3,(H,34,38)/t29-/m0/s1. The molecule has 0 aliphatic carbocycles. The molecule has 0 spiro atoms. The van der Waals surface area contributed by atoms with Gasteiger partial charge in [0.1, 0.15) is 11.8 Å². The summed E-state index contributed by atoms with van der Waals surface area (Å²) in [5.41, 5.74) is 1.55. The van der Waals surface area contributed by atoms with Gasteiger partial charge < -0.3 is 15.0 Å². The molecule has 0 aliphatic rings. The number of methoxy groups -OCH3 is 1. The van der Waals surface area contributed by atoms with Crippen molar-refractivity contribution < 1.29 is 22.7 Å². The van der Waals surface area contributed by atoms with E-state index in [0.717, 1.165) is 11.8 Å². The number of benzene rings is 3. The number of nitrogens with one attached hydrogen (secondary N) is 1. The minimum atomic E-state index is -3.63.